The minimum atomic E-state index is -4.25. The Hall–Kier alpha value is -0.760. The van der Waals surface area contributed by atoms with Crippen LogP contribution in [-0.4, -0.2) is 48.4 Å². The molecule has 0 bridgehead atoms. The summed E-state index contributed by atoms with van der Waals surface area (Å²) in [7, 11) is -4.25. The Morgan fingerprint density at radius 1 is 0.906 bits per heavy atom. The van der Waals surface area contributed by atoms with E-state index in [1.165, 1.54) is 70.6 Å². The topological polar surface area (TPSA) is 128 Å². The fraction of sp³-hybridized carbons (Fsp3) is 0.870. The first-order chi connectivity index (χ1) is 15.4. The summed E-state index contributed by atoms with van der Waals surface area (Å²) in [6.45, 7) is 1.40. The molecule has 0 aromatic rings. The van der Waals surface area contributed by atoms with Crippen LogP contribution in [-0.2, 0) is 23.1 Å². The highest BCUT2D eigenvalue weighted by Gasteiger charge is 2.22. The maximum atomic E-state index is 11.7. The van der Waals surface area contributed by atoms with Gasteiger partial charge in [0, 0.05) is 13.0 Å². The molecule has 0 aliphatic carbocycles. The van der Waals surface area contributed by atoms with Gasteiger partial charge in [-0.3, -0.25) is 13.8 Å². The summed E-state index contributed by atoms with van der Waals surface area (Å²) in [6, 6.07) is 0. The highest BCUT2D eigenvalue weighted by molar-refractivity contribution is 7.47. The molecule has 8 nitrogen and oxygen atoms in total. The molecule has 0 saturated heterocycles. The average Bonchev–Trinajstić information content (AvgIpc) is 2.77. The third kappa shape index (κ3) is 22.4. The summed E-state index contributed by atoms with van der Waals surface area (Å²) in [4.78, 5) is 21.0. The molecule has 1 unspecified atom stereocenters. The van der Waals surface area contributed by atoms with Crippen molar-refractivity contribution in [3.05, 3.63) is 12.2 Å². The Balaban J connectivity index is 3.52. The summed E-state index contributed by atoms with van der Waals surface area (Å²) in [5.41, 5.74) is 5.16. The summed E-state index contributed by atoms with van der Waals surface area (Å²) in [5, 5.41) is 9.66. The number of phosphoric acid groups is 1. The number of carbonyl (C=O) groups is 1. The zero-order valence-corrected chi connectivity index (χ0v) is 20.8. The molecule has 9 heteroatoms. The van der Waals surface area contributed by atoms with E-state index in [2.05, 4.69) is 22.0 Å². The van der Waals surface area contributed by atoms with E-state index in [0.29, 0.717) is 6.42 Å². The first kappa shape index (κ1) is 31.2. The quantitative estimate of drug-likeness (QED) is 0.0806. The van der Waals surface area contributed by atoms with Crippen molar-refractivity contribution in [1.82, 2.24) is 0 Å². The van der Waals surface area contributed by atoms with Crippen molar-refractivity contribution in [2.75, 3.05) is 26.4 Å². The second-order valence-electron chi connectivity index (χ2n) is 8.06. The van der Waals surface area contributed by atoms with E-state index in [1.54, 1.807) is 0 Å². The second-order valence-corrected chi connectivity index (χ2v) is 9.51. The van der Waals surface area contributed by atoms with Crippen LogP contribution in [0.1, 0.15) is 96.8 Å². The van der Waals surface area contributed by atoms with E-state index in [4.69, 9.17) is 10.5 Å². The molecule has 0 aliphatic rings. The fourth-order valence-corrected chi connectivity index (χ4v) is 3.83. The number of aliphatic hydroxyl groups excluding tert-OH is 1. The van der Waals surface area contributed by atoms with Gasteiger partial charge in [0.2, 0.25) is 0 Å². The molecule has 4 N–H and O–H groups in total. The van der Waals surface area contributed by atoms with Crippen LogP contribution < -0.4 is 5.73 Å². The molecule has 0 aromatic carbocycles. The maximum absolute atomic E-state index is 11.7. The molecule has 0 aliphatic heterocycles. The van der Waals surface area contributed by atoms with Gasteiger partial charge in [-0.1, -0.05) is 83.3 Å². The predicted molar refractivity (Wildman–Crippen MR) is 127 cm³/mol. The van der Waals surface area contributed by atoms with Crippen molar-refractivity contribution in [1.29, 1.82) is 0 Å². The molecule has 190 valence electrons. The summed E-state index contributed by atoms with van der Waals surface area (Å²) >= 11 is 0. The van der Waals surface area contributed by atoms with E-state index >= 15 is 0 Å². The van der Waals surface area contributed by atoms with E-state index < -0.39 is 26.5 Å². The first-order valence-corrected chi connectivity index (χ1v) is 13.7. The molecule has 0 saturated carbocycles. The summed E-state index contributed by atoms with van der Waals surface area (Å²) in [5.74, 6) is -0.435. The van der Waals surface area contributed by atoms with Crippen LogP contribution in [0.2, 0.25) is 0 Å². The standard InChI is InChI=1S/C23H46NO7P/c1-2-3-4-5-6-7-8-9-10-11-12-13-14-15-16-17-23(26)29-20-22(25)21-31-32(27,28)30-19-18-24/h14-15,22,25H,2-13,16-21,24H2,1H3,(H,27,28)/b15-14+/t22-/m1/s1. The number of aliphatic hydroxyl groups is 1. The summed E-state index contributed by atoms with van der Waals surface area (Å²) in [6.07, 6.45) is 19.3. The molecular formula is C23H46NO7P. The van der Waals surface area contributed by atoms with Crippen molar-refractivity contribution < 1.29 is 33.1 Å². The van der Waals surface area contributed by atoms with Crippen LogP contribution in [0.25, 0.3) is 0 Å². The molecule has 0 rings (SSSR count). The van der Waals surface area contributed by atoms with Crippen molar-refractivity contribution in [2.24, 2.45) is 5.73 Å². The number of rotatable bonds is 23. The summed E-state index contributed by atoms with van der Waals surface area (Å²) < 4.78 is 25.5. The number of ether oxygens (including phenoxy) is 1. The van der Waals surface area contributed by atoms with Crippen molar-refractivity contribution in [3.63, 3.8) is 0 Å². The molecule has 0 radical (unpaired) electrons. The Morgan fingerprint density at radius 3 is 2.06 bits per heavy atom. The maximum Gasteiger partial charge on any atom is 0.472 e. The minimum absolute atomic E-state index is 0.0713. The lowest BCUT2D eigenvalue weighted by Gasteiger charge is -2.15. The van der Waals surface area contributed by atoms with Crippen LogP contribution in [0.4, 0.5) is 0 Å². The Bertz CT molecular complexity index is 517. The number of esters is 1. The van der Waals surface area contributed by atoms with Crippen LogP contribution >= 0.6 is 7.82 Å². The van der Waals surface area contributed by atoms with Gasteiger partial charge in [0.25, 0.3) is 0 Å². The number of hydrogen-bond donors (Lipinski definition) is 3. The number of hydrogen-bond acceptors (Lipinski definition) is 7. The van der Waals surface area contributed by atoms with Gasteiger partial charge in [0.05, 0.1) is 13.2 Å². The largest absolute Gasteiger partial charge is 0.472 e. The zero-order chi connectivity index (χ0) is 23.9. The monoisotopic (exact) mass is 479 g/mol. The lowest BCUT2D eigenvalue weighted by atomic mass is 10.1. The SMILES string of the molecule is CCCCCCCCCCCCC/C=C/CCC(=O)OC[C@@H](O)COP(=O)(O)OCCN. The molecular weight excluding hydrogens is 433 g/mol. The highest BCUT2D eigenvalue weighted by atomic mass is 31.2. The Kier molecular flexibility index (Phi) is 21.5. The van der Waals surface area contributed by atoms with Crippen LogP contribution in [0.15, 0.2) is 12.2 Å². The second kappa shape index (κ2) is 22.1. The number of carbonyl (C=O) groups excluding carboxylic acids is 1. The average molecular weight is 480 g/mol. The van der Waals surface area contributed by atoms with E-state index in [9.17, 15) is 19.4 Å². The number of nitrogens with two attached hydrogens (primary N) is 1. The van der Waals surface area contributed by atoms with Gasteiger partial charge in [-0.05, 0) is 19.3 Å². The van der Waals surface area contributed by atoms with Crippen molar-refractivity contribution >= 4 is 13.8 Å². The third-order valence-electron chi connectivity index (χ3n) is 4.90. The van der Waals surface area contributed by atoms with Crippen molar-refractivity contribution in [2.45, 2.75) is 103 Å². The number of phosphoric ester groups is 1. The normalized spacial score (nSPS) is 14.5. The Morgan fingerprint density at radius 2 is 1.47 bits per heavy atom. The molecule has 0 amide bonds. The fourth-order valence-electron chi connectivity index (χ4n) is 3.06. The van der Waals surface area contributed by atoms with Gasteiger partial charge >= 0.3 is 13.8 Å². The van der Waals surface area contributed by atoms with Crippen molar-refractivity contribution in [3.8, 4) is 0 Å². The van der Waals surface area contributed by atoms with Gasteiger partial charge in [-0.2, -0.15) is 0 Å². The molecule has 0 heterocycles. The third-order valence-corrected chi connectivity index (χ3v) is 5.88. The van der Waals surface area contributed by atoms with Crippen LogP contribution in [0.5, 0.6) is 0 Å². The van der Waals surface area contributed by atoms with Crippen LogP contribution in [0, 0.1) is 0 Å². The molecule has 0 fully saturated rings. The zero-order valence-electron chi connectivity index (χ0n) is 19.9. The van der Waals surface area contributed by atoms with Gasteiger partial charge < -0.3 is 20.5 Å². The van der Waals surface area contributed by atoms with E-state index in [1.807, 2.05) is 6.08 Å². The highest BCUT2D eigenvalue weighted by Crippen LogP contribution is 2.42. The number of unbranched alkanes of at least 4 members (excludes halogenated alkanes) is 11. The minimum Gasteiger partial charge on any atom is -0.463 e. The molecule has 32 heavy (non-hydrogen) atoms. The Labute approximate surface area is 194 Å². The van der Waals surface area contributed by atoms with Crippen LogP contribution in [0.3, 0.4) is 0 Å². The van der Waals surface area contributed by atoms with Gasteiger partial charge in [0.15, 0.2) is 0 Å². The number of allylic oxidation sites excluding steroid dienone is 2. The van der Waals surface area contributed by atoms with E-state index in [-0.39, 0.29) is 26.2 Å². The van der Waals surface area contributed by atoms with Gasteiger partial charge in [-0.15, -0.1) is 0 Å². The predicted octanol–water partition coefficient (Wildman–Crippen LogP) is 5.02. The molecule has 2 atom stereocenters. The van der Waals surface area contributed by atoms with Gasteiger partial charge in [0.1, 0.15) is 12.7 Å². The lowest BCUT2D eigenvalue weighted by molar-refractivity contribution is -0.147. The van der Waals surface area contributed by atoms with E-state index in [0.717, 1.165) is 6.42 Å². The molecule has 0 spiro atoms. The first-order valence-electron chi connectivity index (χ1n) is 12.2. The lowest BCUT2D eigenvalue weighted by Crippen LogP contribution is -2.23. The molecule has 0 aromatic heterocycles. The van der Waals surface area contributed by atoms with Gasteiger partial charge in [-0.25, -0.2) is 4.57 Å². The smallest absolute Gasteiger partial charge is 0.463 e.